The Balaban J connectivity index is 1.79. The van der Waals surface area contributed by atoms with Gasteiger partial charge < -0.3 is 20.5 Å². The van der Waals surface area contributed by atoms with Crippen molar-refractivity contribution in [1.29, 1.82) is 0 Å². The molecule has 0 radical (unpaired) electrons. The maximum absolute atomic E-state index is 11.9. The van der Waals surface area contributed by atoms with Crippen LogP contribution in [-0.4, -0.2) is 41.5 Å². The number of carbonyl (C=O) groups is 2. The Hall–Kier alpha value is -4.22. The van der Waals surface area contributed by atoms with Crippen LogP contribution in [0, 0.1) is 20.2 Å². The van der Waals surface area contributed by atoms with Gasteiger partial charge in [-0.1, -0.05) is 12.1 Å². The predicted octanol–water partition coefficient (Wildman–Crippen LogP) is 1.44. The van der Waals surface area contributed by atoms with E-state index in [1.54, 1.807) is 18.2 Å². The zero-order valence-electron chi connectivity index (χ0n) is 14.9. The second kappa shape index (κ2) is 9.64. The molecule has 2 rings (SSSR count). The molecule has 0 aromatic heterocycles. The van der Waals surface area contributed by atoms with Crippen molar-refractivity contribution in [3.05, 3.63) is 68.3 Å². The van der Waals surface area contributed by atoms with Crippen LogP contribution in [0.15, 0.2) is 42.5 Å². The average molecular weight is 404 g/mol. The highest BCUT2D eigenvalue weighted by Gasteiger charge is 2.20. The van der Waals surface area contributed by atoms with Gasteiger partial charge in [-0.15, -0.1) is 0 Å². The van der Waals surface area contributed by atoms with Gasteiger partial charge in [-0.25, -0.2) is 0 Å². The first-order valence-electron chi connectivity index (χ1n) is 8.13. The number of nitrogen functional groups attached to an aromatic ring is 1. The summed E-state index contributed by atoms with van der Waals surface area (Å²) in [5.74, 6) is -1.50. The molecule has 0 heterocycles. The molecule has 0 aliphatic rings. The van der Waals surface area contributed by atoms with Crippen molar-refractivity contribution < 1.29 is 28.9 Å². The van der Waals surface area contributed by atoms with E-state index in [4.69, 9.17) is 15.2 Å². The Kier molecular flexibility index (Phi) is 7.01. The Bertz CT molecular complexity index is 947. The number of para-hydroxylation sites is 1. The summed E-state index contributed by atoms with van der Waals surface area (Å²) >= 11 is 0. The van der Waals surface area contributed by atoms with Crippen molar-refractivity contribution in [2.24, 2.45) is 0 Å². The van der Waals surface area contributed by atoms with Crippen LogP contribution in [0.1, 0.15) is 10.4 Å². The molecule has 29 heavy (non-hydrogen) atoms. The molecule has 12 nitrogen and oxygen atoms in total. The molecule has 0 unspecified atom stereocenters. The zero-order valence-corrected chi connectivity index (χ0v) is 14.9. The molecule has 12 heteroatoms. The van der Waals surface area contributed by atoms with E-state index in [0.717, 1.165) is 18.2 Å². The fourth-order valence-corrected chi connectivity index (χ4v) is 2.19. The normalized spacial score (nSPS) is 10.1. The van der Waals surface area contributed by atoms with Crippen LogP contribution >= 0.6 is 0 Å². The van der Waals surface area contributed by atoms with Crippen LogP contribution in [0.25, 0.3) is 0 Å². The molecule has 0 spiro atoms. The van der Waals surface area contributed by atoms with Crippen LogP contribution in [0.2, 0.25) is 0 Å². The second-order valence-electron chi connectivity index (χ2n) is 5.51. The van der Waals surface area contributed by atoms with Gasteiger partial charge in [0.05, 0.1) is 21.5 Å². The van der Waals surface area contributed by atoms with E-state index >= 15 is 0 Å². The summed E-state index contributed by atoms with van der Waals surface area (Å²) in [6.45, 7) is -0.898. The summed E-state index contributed by atoms with van der Waals surface area (Å²) in [7, 11) is 0. The maximum atomic E-state index is 11.9. The fourth-order valence-electron chi connectivity index (χ4n) is 2.19. The number of amides is 1. The molecule has 0 aliphatic heterocycles. The van der Waals surface area contributed by atoms with Gasteiger partial charge in [0.25, 0.3) is 11.6 Å². The van der Waals surface area contributed by atoms with E-state index < -0.39 is 39.6 Å². The van der Waals surface area contributed by atoms with Crippen LogP contribution in [0.5, 0.6) is 5.75 Å². The quantitative estimate of drug-likeness (QED) is 0.206. The van der Waals surface area contributed by atoms with E-state index in [0.29, 0.717) is 0 Å². The molecule has 1 amide bonds. The third-order valence-electron chi connectivity index (χ3n) is 3.55. The van der Waals surface area contributed by atoms with Crippen molar-refractivity contribution in [1.82, 2.24) is 5.32 Å². The highest BCUT2D eigenvalue weighted by Crippen LogP contribution is 2.30. The highest BCUT2D eigenvalue weighted by molar-refractivity contribution is 6.00. The average Bonchev–Trinajstić information content (AvgIpc) is 2.69. The van der Waals surface area contributed by atoms with Crippen LogP contribution in [0.4, 0.5) is 17.1 Å². The molecule has 0 saturated heterocycles. The number of anilines is 1. The molecule has 2 aromatic carbocycles. The van der Waals surface area contributed by atoms with Crippen LogP contribution in [-0.2, 0) is 9.53 Å². The Labute approximate surface area is 163 Å². The van der Waals surface area contributed by atoms with Gasteiger partial charge in [0.1, 0.15) is 19.8 Å². The molecule has 152 valence electrons. The van der Waals surface area contributed by atoms with Crippen molar-refractivity contribution in [2.45, 2.75) is 0 Å². The third kappa shape index (κ3) is 5.89. The first kappa shape index (κ1) is 21.1. The number of benzene rings is 2. The van der Waals surface area contributed by atoms with E-state index in [9.17, 15) is 29.8 Å². The van der Waals surface area contributed by atoms with Crippen molar-refractivity contribution >= 4 is 28.9 Å². The van der Waals surface area contributed by atoms with Gasteiger partial charge in [0.15, 0.2) is 5.75 Å². The lowest BCUT2D eigenvalue weighted by atomic mass is 10.2. The molecule has 0 aliphatic carbocycles. The molecule has 0 atom stereocenters. The number of non-ortho nitro benzene ring substituents is 1. The van der Waals surface area contributed by atoms with Crippen molar-refractivity contribution in [3.8, 4) is 5.75 Å². The largest absolute Gasteiger partial charge is 0.483 e. The standard InChI is InChI=1S/C17H16N4O8/c18-13-4-2-1-3-12(13)17(23)19-10-16(22)29-8-7-28-15-6-5-11(20(24)25)9-14(15)21(26)27/h1-6,9H,7-8,10,18H2,(H,19,23). The van der Waals surface area contributed by atoms with Crippen LogP contribution in [0.3, 0.4) is 0 Å². The van der Waals surface area contributed by atoms with Crippen molar-refractivity contribution in [2.75, 3.05) is 25.5 Å². The van der Waals surface area contributed by atoms with Crippen LogP contribution < -0.4 is 15.8 Å². The summed E-state index contributed by atoms with van der Waals surface area (Å²) in [5, 5.41) is 24.0. The molecule has 3 N–H and O–H groups in total. The Morgan fingerprint density at radius 2 is 1.76 bits per heavy atom. The lowest BCUT2D eigenvalue weighted by molar-refractivity contribution is -0.394. The number of nitro benzene ring substituents is 2. The summed E-state index contributed by atoms with van der Waals surface area (Å²) in [6, 6.07) is 9.24. The van der Waals surface area contributed by atoms with E-state index in [-0.39, 0.29) is 30.2 Å². The molecular weight excluding hydrogens is 388 g/mol. The smallest absolute Gasteiger partial charge is 0.325 e. The Morgan fingerprint density at radius 1 is 1.03 bits per heavy atom. The lowest BCUT2D eigenvalue weighted by Crippen LogP contribution is -2.31. The molecule has 0 bridgehead atoms. The number of nitro groups is 2. The molecular formula is C17H16N4O8. The molecule has 0 fully saturated rings. The summed E-state index contributed by atoms with van der Waals surface area (Å²) in [6.07, 6.45) is 0. The minimum absolute atomic E-state index is 0.204. The topological polar surface area (TPSA) is 177 Å². The number of esters is 1. The third-order valence-corrected chi connectivity index (χ3v) is 3.55. The number of nitrogens with one attached hydrogen (secondary N) is 1. The number of nitrogens with two attached hydrogens (primary N) is 1. The second-order valence-corrected chi connectivity index (χ2v) is 5.51. The number of carbonyl (C=O) groups excluding carboxylic acids is 2. The highest BCUT2D eigenvalue weighted by atomic mass is 16.6. The SMILES string of the molecule is Nc1ccccc1C(=O)NCC(=O)OCCOc1ccc([N+](=O)[O-])cc1[N+](=O)[O-]. The minimum atomic E-state index is -0.820. The fraction of sp³-hybridized carbons (Fsp3) is 0.176. The number of hydrogen-bond donors (Lipinski definition) is 2. The van der Waals surface area contributed by atoms with E-state index in [1.807, 2.05) is 0 Å². The van der Waals surface area contributed by atoms with Gasteiger partial charge in [0.2, 0.25) is 0 Å². The van der Waals surface area contributed by atoms with Gasteiger partial charge in [0, 0.05) is 11.8 Å². The molecule has 0 saturated carbocycles. The Morgan fingerprint density at radius 3 is 2.41 bits per heavy atom. The van der Waals surface area contributed by atoms with Gasteiger partial charge in [-0.05, 0) is 18.2 Å². The summed E-state index contributed by atoms with van der Waals surface area (Å²) < 4.78 is 10.0. The summed E-state index contributed by atoms with van der Waals surface area (Å²) in [4.78, 5) is 43.7. The van der Waals surface area contributed by atoms with Gasteiger partial charge in [-0.2, -0.15) is 0 Å². The number of nitrogens with zero attached hydrogens (tertiary/aromatic N) is 2. The monoisotopic (exact) mass is 404 g/mol. The molecule has 2 aromatic rings. The number of rotatable bonds is 9. The van der Waals surface area contributed by atoms with Gasteiger partial charge >= 0.3 is 11.7 Å². The van der Waals surface area contributed by atoms with Crippen molar-refractivity contribution in [3.63, 3.8) is 0 Å². The van der Waals surface area contributed by atoms with Gasteiger partial charge in [-0.3, -0.25) is 29.8 Å². The number of hydrogen-bond acceptors (Lipinski definition) is 9. The zero-order chi connectivity index (χ0) is 21.4. The first-order valence-corrected chi connectivity index (χ1v) is 8.13. The first-order chi connectivity index (χ1) is 13.8. The minimum Gasteiger partial charge on any atom is -0.483 e. The van der Waals surface area contributed by atoms with E-state index in [1.165, 1.54) is 6.07 Å². The predicted molar refractivity (Wildman–Crippen MR) is 99.4 cm³/mol. The number of ether oxygens (including phenoxy) is 2. The lowest BCUT2D eigenvalue weighted by Gasteiger charge is -2.09. The summed E-state index contributed by atoms with van der Waals surface area (Å²) in [5.41, 5.74) is 5.10. The maximum Gasteiger partial charge on any atom is 0.325 e. The van der Waals surface area contributed by atoms with E-state index in [2.05, 4.69) is 5.32 Å².